The van der Waals surface area contributed by atoms with E-state index in [0.717, 1.165) is 17.3 Å². The van der Waals surface area contributed by atoms with Gasteiger partial charge in [-0.2, -0.15) is 0 Å². The number of hydrogen-bond acceptors (Lipinski definition) is 1. The summed E-state index contributed by atoms with van der Waals surface area (Å²) in [4.78, 5) is 0. The molecule has 0 radical (unpaired) electrons. The first kappa shape index (κ1) is 15.3. The molecule has 0 aliphatic carbocycles. The predicted molar refractivity (Wildman–Crippen MR) is 89.9 cm³/mol. The fourth-order valence-electron chi connectivity index (χ4n) is 2.45. The van der Waals surface area contributed by atoms with Crippen LogP contribution in [0.1, 0.15) is 37.4 Å². The minimum atomic E-state index is 0.362. The van der Waals surface area contributed by atoms with Crippen molar-refractivity contribution in [1.29, 1.82) is 0 Å². The first-order valence-corrected chi connectivity index (χ1v) is 8.03. The van der Waals surface area contributed by atoms with Crippen molar-refractivity contribution in [3.05, 3.63) is 70.2 Å². The molecule has 0 aromatic heterocycles. The van der Waals surface area contributed by atoms with Crippen molar-refractivity contribution in [3.8, 4) is 0 Å². The highest BCUT2D eigenvalue weighted by atomic mass is 79.9. The van der Waals surface area contributed by atoms with E-state index in [9.17, 15) is 0 Å². The second-order valence-electron chi connectivity index (χ2n) is 5.24. The Hall–Kier alpha value is -1.12. The molecule has 0 amide bonds. The minimum Gasteiger partial charge on any atom is -0.307 e. The molecule has 1 N–H and O–H groups in total. The van der Waals surface area contributed by atoms with Crippen LogP contribution in [0, 0.1) is 0 Å². The lowest BCUT2D eigenvalue weighted by atomic mass is 10.0. The zero-order valence-corrected chi connectivity index (χ0v) is 13.7. The van der Waals surface area contributed by atoms with E-state index in [1.165, 1.54) is 11.1 Å². The highest BCUT2D eigenvalue weighted by Gasteiger charge is 2.12. The van der Waals surface area contributed by atoms with E-state index in [-0.39, 0.29) is 0 Å². The van der Waals surface area contributed by atoms with Crippen LogP contribution in [0.25, 0.3) is 0 Å². The third-order valence-electron chi connectivity index (χ3n) is 3.65. The summed E-state index contributed by atoms with van der Waals surface area (Å²) >= 11 is 3.54. The maximum Gasteiger partial charge on any atom is 0.0294 e. The summed E-state index contributed by atoms with van der Waals surface area (Å²) in [5.41, 5.74) is 2.72. The summed E-state index contributed by atoms with van der Waals surface area (Å²) in [6, 6.07) is 20.1. The highest BCUT2D eigenvalue weighted by Crippen LogP contribution is 2.19. The maximum atomic E-state index is 3.74. The number of halogens is 1. The molecule has 0 saturated carbocycles. The molecule has 0 fully saturated rings. The van der Waals surface area contributed by atoms with Gasteiger partial charge in [0.05, 0.1) is 0 Å². The first-order valence-electron chi connectivity index (χ1n) is 7.24. The Labute approximate surface area is 130 Å². The smallest absolute Gasteiger partial charge is 0.0294 e. The van der Waals surface area contributed by atoms with E-state index in [1.807, 2.05) is 0 Å². The lowest BCUT2D eigenvalue weighted by Crippen LogP contribution is -2.32. The molecule has 2 aromatic carbocycles. The quantitative estimate of drug-likeness (QED) is 0.774. The summed E-state index contributed by atoms with van der Waals surface area (Å²) in [6.45, 7) is 4.48. The summed E-state index contributed by atoms with van der Waals surface area (Å²) < 4.78 is 1.14. The van der Waals surface area contributed by atoms with Crippen molar-refractivity contribution in [1.82, 2.24) is 5.32 Å². The Bertz CT molecular complexity index is 524. The van der Waals surface area contributed by atoms with Crippen LogP contribution in [-0.4, -0.2) is 6.04 Å². The molecule has 0 heterocycles. The van der Waals surface area contributed by atoms with Gasteiger partial charge in [0.15, 0.2) is 0 Å². The third kappa shape index (κ3) is 4.46. The van der Waals surface area contributed by atoms with Crippen molar-refractivity contribution in [2.24, 2.45) is 0 Å². The molecule has 106 valence electrons. The highest BCUT2D eigenvalue weighted by molar-refractivity contribution is 9.10. The average molecular weight is 332 g/mol. The molecular weight excluding hydrogens is 310 g/mol. The molecule has 0 spiro atoms. The van der Waals surface area contributed by atoms with Gasteiger partial charge in [0.25, 0.3) is 0 Å². The molecule has 20 heavy (non-hydrogen) atoms. The van der Waals surface area contributed by atoms with Crippen molar-refractivity contribution in [3.63, 3.8) is 0 Å². The summed E-state index contributed by atoms with van der Waals surface area (Å²) in [5, 5.41) is 3.74. The minimum absolute atomic E-state index is 0.362. The van der Waals surface area contributed by atoms with Crippen LogP contribution in [0.15, 0.2) is 59.1 Å². The predicted octanol–water partition coefficient (Wildman–Crippen LogP) is 5.12. The van der Waals surface area contributed by atoms with E-state index >= 15 is 0 Å². The van der Waals surface area contributed by atoms with E-state index in [0.29, 0.717) is 12.1 Å². The van der Waals surface area contributed by atoms with Crippen LogP contribution in [0.2, 0.25) is 0 Å². The van der Waals surface area contributed by atoms with Gasteiger partial charge in [-0.15, -0.1) is 0 Å². The molecule has 0 aliphatic heterocycles. The molecule has 2 heteroatoms. The Kier molecular flexibility index (Phi) is 5.81. The second-order valence-corrected chi connectivity index (χ2v) is 6.15. The summed E-state index contributed by atoms with van der Waals surface area (Å²) in [7, 11) is 0. The van der Waals surface area contributed by atoms with Gasteiger partial charge in [-0.05, 0) is 43.0 Å². The third-order valence-corrected chi connectivity index (χ3v) is 4.15. The Morgan fingerprint density at radius 1 is 1.05 bits per heavy atom. The molecule has 0 bridgehead atoms. The average Bonchev–Trinajstić information content (AvgIpc) is 2.47. The number of rotatable bonds is 6. The Morgan fingerprint density at radius 2 is 1.80 bits per heavy atom. The second kappa shape index (κ2) is 7.61. The zero-order valence-electron chi connectivity index (χ0n) is 12.1. The molecule has 2 aromatic rings. The molecule has 2 atom stereocenters. The lowest BCUT2D eigenvalue weighted by Gasteiger charge is -2.23. The molecular formula is C18H22BrN. The summed E-state index contributed by atoms with van der Waals surface area (Å²) in [5.74, 6) is 0. The van der Waals surface area contributed by atoms with Gasteiger partial charge in [-0.25, -0.2) is 0 Å². The van der Waals surface area contributed by atoms with Gasteiger partial charge in [0.1, 0.15) is 0 Å². The standard InChI is InChI=1S/C18H22BrN/c1-3-18(12-15-8-5-4-6-9-15)20-14(2)16-10-7-11-17(19)13-16/h4-11,13-14,18,20H,3,12H2,1-2H3. The van der Waals surface area contributed by atoms with Crippen LogP contribution >= 0.6 is 15.9 Å². The zero-order chi connectivity index (χ0) is 14.4. The van der Waals surface area contributed by atoms with Crippen molar-refractivity contribution >= 4 is 15.9 Å². The largest absolute Gasteiger partial charge is 0.307 e. The van der Waals surface area contributed by atoms with E-state index in [1.54, 1.807) is 0 Å². The number of benzene rings is 2. The number of nitrogens with one attached hydrogen (secondary N) is 1. The molecule has 2 unspecified atom stereocenters. The first-order chi connectivity index (χ1) is 9.69. The fourth-order valence-corrected chi connectivity index (χ4v) is 2.86. The van der Waals surface area contributed by atoms with Gasteiger partial charge in [0.2, 0.25) is 0 Å². The van der Waals surface area contributed by atoms with Crippen molar-refractivity contribution in [2.45, 2.75) is 38.8 Å². The maximum absolute atomic E-state index is 3.74. The van der Waals surface area contributed by atoms with Gasteiger partial charge in [0, 0.05) is 16.6 Å². The van der Waals surface area contributed by atoms with Crippen LogP contribution in [0.3, 0.4) is 0 Å². The van der Waals surface area contributed by atoms with Crippen LogP contribution < -0.4 is 5.32 Å². The Morgan fingerprint density at radius 3 is 2.45 bits per heavy atom. The van der Waals surface area contributed by atoms with Gasteiger partial charge in [-0.3, -0.25) is 0 Å². The topological polar surface area (TPSA) is 12.0 Å². The van der Waals surface area contributed by atoms with E-state index in [4.69, 9.17) is 0 Å². The van der Waals surface area contributed by atoms with Gasteiger partial charge in [-0.1, -0.05) is 65.3 Å². The number of hydrogen-bond donors (Lipinski definition) is 1. The molecule has 2 rings (SSSR count). The van der Waals surface area contributed by atoms with E-state index < -0.39 is 0 Å². The fraction of sp³-hybridized carbons (Fsp3) is 0.333. The van der Waals surface area contributed by atoms with Gasteiger partial charge < -0.3 is 5.32 Å². The Balaban J connectivity index is 1.99. The monoisotopic (exact) mass is 331 g/mol. The van der Waals surface area contributed by atoms with E-state index in [2.05, 4.69) is 89.7 Å². The summed E-state index contributed by atoms with van der Waals surface area (Å²) in [6.07, 6.45) is 2.21. The normalized spacial score (nSPS) is 13.9. The van der Waals surface area contributed by atoms with Crippen molar-refractivity contribution < 1.29 is 0 Å². The van der Waals surface area contributed by atoms with Crippen LogP contribution in [0.4, 0.5) is 0 Å². The SMILES string of the molecule is CCC(Cc1ccccc1)NC(C)c1cccc(Br)c1. The lowest BCUT2D eigenvalue weighted by molar-refractivity contribution is 0.440. The van der Waals surface area contributed by atoms with Gasteiger partial charge >= 0.3 is 0 Å². The van der Waals surface area contributed by atoms with Crippen molar-refractivity contribution in [2.75, 3.05) is 0 Å². The molecule has 1 nitrogen and oxygen atoms in total. The van der Waals surface area contributed by atoms with Crippen LogP contribution in [0.5, 0.6) is 0 Å². The molecule has 0 saturated heterocycles. The molecule has 0 aliphatic rings. The van der Waals surface area contributed by atoms with Crippen LogP contribution in [-0.2, 0) is 6.42 Å².